The molecule has 1 N–H and O–H groups in total. The number of rotatable bonds is 9. The van der Waals surface area contributed by atoms with Crippen LogP contribution in [0.25, 0.3) is 0 Å². The quantitative estimate of drug-likeness (QED) is 0.506. The highest BCUT2D eigenvalue weighted by molar-refractivity contribution is 7.17. The number of fused-ring (bicyclic) bond motifs is 1. The Bertz CT molecular complexity index is 953. The Morgan fingerprint density at radius 2 is 1.94 bits per heavy atom. The molecule has 0 aliphatic heterocycles. The number of amides is 1. The first-order valence-electron chi connectivity index (χ1n) is 11.3. The van der Waals surface area contributed by atoms with Crippen molar-refractivity contribution in [2.45, 2.75) is 65.4 Å². The molecule has 0 bridgehead atoms. The minimum absolute atomic E-state index is 0.256. The predicted octanol–water partition coefficient (Wildman–Crippen LogP) is 5.46. The van der Waals surface area contributed by atoms with E-state index in [1.54, 1.807) is 31.2 Å². The number of hydrogen-bond donors (Lipinski definition) is 1. The third kappa shape index (κ3) is 5.76. The molecule has 1 aliphatic rings. The van der Waals surface area contributed by atoms with Gasteiger partial charge in [0.2, 0.25) is 6.10 Å². The number of anilines is 1. The molecule has 1 aromatic carbocycles. The smallest absolute Gasteiger partial charge is 0.341 e. The lowest BCUT2D eigenvalue weighted by Crippen LogP contribution is -2.26. The van der Waals surface area contributed by atoms with Crippen molar-refractivity contribution in [1.29, 1.82) is 0 Å². The number of ether oxygens (including phenoxy) is 2. The predicted molar refractivity (Wildman–Crippen MR) is 125 cm³/mol. The molecule has 1 heterocycles. The Balaban J connectivity index is 1.90. The van der Waals surface area contributed by atoms with E-state index in [4.69, 9.17) is 9.47 Å². The highest BCUT2D eigenvalue weighted by Crippen LogP contribution is 2.40. The molecule has 1 aliphatic carbocycles. The number of benzene rings is 1. The number of thiophene rings is 1. The normalized spacial score (nSPS) is 16.0. The number of unbranched alkanes of at least 4 members (excludes halogenated alkanes) is 1. The summed E-state index contributed by atoms with van der Waals surface area (Å²) in [7, 11) is 0. The van der Waals surface area contributed by atoms with Crippen molar-refractivity contribution >= 4 is 34.2 Å². The Labute approximate surface area is 193 Å². The highest BCUT2D eigenvalue weighted by Gasteiger charge is 2.32. The van der Waals surface area contributed by atoms with Crippen LogP contribution in [-0.4, -0.2) is 24.5 Å². The molecule has 0 spiro atoms. The van der Waals surface area contributed by atoms with Crippen molar-refractivity contribution in [2.24, 2.45) is 5.92 Å². The second-order valence-corrected chi connectivity index (χ2v) is 9.25. The van der Waals surface area contributed by atoms with E-state index in [0.717, 1.165) is 36.1 Å². The molecule has 2 atom stereocenters. The zero-order valence-corrected chi connectivity index (χ0v) is 19.8. The van der Waals surface area contributed by atoms with Gasteiger partial charge in [-0.3, -0.25) is 9.59 Å². The molecule has 1 aromatic heterocycles. The Morgan fingerprint density at radius 3 is 2.62 bits per heavy atom. The average molecular weight is 458 g/mol. The van der Waals surface area contributed by atoms with Crippen LogP contribution in [0, 0.1) is 5.92 Å². The number of carbonyl (C=O) groups excluding carboxylic acids is 3. The second kappa shape index (κ2) is 11.3. The van der Waals surface area contributed by atoms with E-state index in [9.17, 15) is 14.4 Å². The van der Waals surface area contributed by atoms with Crippen LogP contribution in [0.5, 0.6) is 0 Å². The lowest BCUT2D eigenvalue weighted by molar-refractivity contribution is -0.154. The molecule has 0 saturated heterocycles. The van der Waals surface area contributed by atoms with Gasteiger partial charge in [0.25, 0.3) is 5.91 Å². The SMILES string of the molecule is CCCCC(=O)OC(C(=O)Nc1sc2c(c1C(=O)OCC)CCC(C)C2)c1ccccc1. The van der Waals surface area contributed by atoms with E-state index in [0.29, 0.717) is 28.5 Å². The third-order valence-corrected chi connectivity index (χ3v) is 6.72. The lowest BCUT2D eigenvalue weighted by atomic mass is 9.88. The van der Waals surface area contributed by atoms with Crippen LogP contribution in [0.4, 0.5) is 5.00 Å². The molecule has 3 rings (SSSR count). The van der Waals surface area contributed by atoms with Gasteiger partial charge in [0, 0.05) is 16.9 Å². The highest BCUT2D eigenvalue weighted by atomic mass is 32.1. The molecule has 0 saturated carbocycles. The van der Waals surface area contributed by atoms with Crippen molar-refractivity contribution in [3.05, 3.63) is 51.9 Å². The summed E-state index contributed by atoms with van der Waals surface area (Å²) < 4.78 is 10.9. The van der Waals surface area contributed by atoms with Gasteiger partial charge in [-0.1, -0.05) is 50.6 Å². The minimum atomic E-state index is -1.09. The fourth-order valence-electron chi connectivity index (χ4n) is 3.85. The number of carbonyl (C=O) groups is 3. The van der Waals surface area contributed by atoms with Crippen LogP contribution in [0.3, 0.4) is 0 Å². The maximum Gasteiger partial charge on any atom is 0.341 e. The molecular weight excluding hydrogens is 426 g/mol. The largest absolute Gasteiger partial charge is 0.462 e. The third-order valence-electron chi connectivity index (χ3n) is 5.55. The number of nitrogens with one attached hydrogen (secondary N) is 1. The van der Waals surface area contributed by atoms with Gasteiger partial charge in [0.1, 0.15) is 5.00 Å². The van der Waals surface area contributed by atoms with E-state index >= 15 is 0 Å². The molecule has 32 heavy (non-hydrogen) atoms. The molecule has 0 radical (unpaired) electrons. The second-order valence-electron chi connectivity index (χ2n) is 8.15. The molecule has 0 fully saturated rings. The van der Waals surface area contributed by atoms with Gasteiger partial charge in [0.15, 0.2) is 0 Å². The first-order valence-corrected chi connectivity index (χ1v) is 12.1. The molecule has 7 heteroatoms. The van der Waals surface area contributed by atoms with E-state index in [1.165, 1.54) is 11.3 Å². The minimum Gasteiger partial charge on any atom is -0.462 e. The van der Waals surface area contributed by atoms with Gasteiger partial charge < -0.3 is 14.8 Å². The van der Waals surface area contributed by atoms with E-state index in [-0.39, 0.29) is 13.0 Å². The maximum absolute atomic E-state index is 13.3. The van der Waals surface area contributed by atoms with Crippen LogP contribution < -0.4 is 5.32 Å². The van der Waals surface area contributed by atoms with E-state index in [1.807, 2.05) is 13.0 Å². The monoisotopic (exact) mass is 457 g/mol. The number of esters is 2. The van der Waals surface area contributed by atoms with Gasteiger partial charge >= 0.3 is 11.9 Å². The first-order chi connectivity index (χ1) is 15.4. The average Bonchev–Trinajstić information content (AvgIpc) is 3.13. The van der Waals surface area contributed by atoms with Crippen molar-refractivity contribution < 1.29 is 23.9 Å². The van der Waals surface area contributed by atoms with Crippen LogP contribution in [0.15, 0.2) is 30.3 Å². The van der Waals surface area contributed by atoms with Crippen molar-refractivity contribution in [3.63, 3.8) is 0 Å². The topological polar surface area (TPSA) is 81.7 Å². The Kier molecular flexibility index (Phi) is 8.45. The summed E-state index contributed by atoms with van der Waals surface area (Å²) in [6, 6.07) is 8.94. The molecular formula is C25H31NO5S. The van der Waals surface area contributed by atoms with Gasteiger partial charge in [-0.2, -0.15) is 0 Å². The molecule has 2 aromatic rings. The van der Waals surface area contributed by atoms with Gasteiger partial charge in [-0.25, -0.2) is 4.79 Å². The van der Waals surface area contributed by atoms with Crippen molar-refractivity contribution in [3.8, 4) is 0 Å². The molecule has 1 amide bonds. The van der Waals surface area contributed by atoms with Crippen molar-refractivity contribution in [1.82, 2.24) is 0 Å². The summed E-state index contributed by atoms with van der Waals surface area (Å²) in [6.45, 7) is 6.20. The van der Waals surface area contributed by atoms with Crippen LogP contribution >= 0.6 is 11.3 Å². The Hall–Kier alpha value is -2.67. The fraction of sp³-hybridized carbons (Fsp3) is 0.480. The fourth-order valence-corrected chi connectivity index (χ4v) is 5.25. The summed E-state index contributed by atoms with van der Waals surface area (Å²) in [4.78, 5) is 39.5. The Morgan fingerprint density at radius 1 is 1.19 bits per heavy atom. The standard InChI is InChI=1S/C25H31NO5S/c1-4-6-12-20(27)31-22(17-10-8-7-9-11-17)23(28)26-24-21(25(29)30-5-2)18-14-13-16(3)15-19(18)32-24/h7-11,16,22H,4-6,12-15H2,1-3H3,(H,26,28). The maximum atomic E-state index is 13.3. The van der Waals surface area contributed by atoms with Gasteiger partial charge in [-0.15, -0.1) is 11.3 Å². The summed E-state index contributed by atoms with van der Waals surface area (Å²) in [5.41, 5.74) is 2.00. The molecule has 2 unspecified atom stereocenters. The summed E-state index contributed by atoms with van der Waals surface area (Å²) >= 11 is 1.42. The lowest BCUT2D eigenvalue weighted by Gasteiger charge is -2.19. The van der Waals surface area contributed by atoms with Gasteiger partial charge in [-0.05, 0) is 44.1 Å². The zero-order chi connectivity index (χ0) is 23.1. The van der Waals surface area contributed by atoms with Crippen LogP contribution in [0.2, 0.25) is 0 Å². The van der Waals surface area contributed by atoms with E-state index in [2.05, 4.69) is 12.2 Å². The summed E-state index contributed by atoms with van der Waals surface area (Å²) in [6.07, 6.45) is 3.37. The van der Waals surface area contributed by atoms with E-state index < -0.39 is 23.9 Å². The van der Waals surface area contributed by atoms with Crippen LogP contribution in [-0.2, 0) is 31.9 Å². The first kappa shape index (κ1) is 24.0. The van der Waals surface area contributed by atoms with Crippen LogP contribution in [0.1, 0.15) is 78.9 Å². The van der Waals surface area contributed by atoms with Crippen molar-refractivity contribution in [2.75, 3.05) is 11.9 Å². The summed E-state index contributed by atoms with van der Waals surface area (Å²) in [5, 5.41) is 3.35. The number of hydrogen-bond acceptors (Lipinski definition) is 6. The summed E-state index contributed by atoms with van der Waals surface area (Å²) in [5.74, 6) is -0.790. The van der Waals surface area contributed by atoms with Gasteiger partial charge in [0.05, 0.1) is 12.2 Å². The molecule has 6 nitrogen and oxygen atoms in total. The zero-order valence-electron chi connectivity index (χ0n) is 18.9. The molecule has 172 valence electrons.